The standard InChI is InChI=1S/C18H19FN2O4/c1-10-16(12(3)22)11(2)20-17(10)18(25)21(9-15(23)24)8-13-4-6-14(19)7-5-13/h4-7,20H,8-9H2,1-3H3,(H,23,24). The van der Waals surface area contributed by atoms with E-state index in [2.05, 4.69) is 4.98 Å². The first-order valence-corrected chi connectivity index (χ1v) is 7.66. The summed E-state index contributed by atoms with van der Waals surface area (Å²) < 4.78 is 13.0. The molecule has 6 nitrogen and oxygen atoms in total. The fourth-order valence-corrected chi connectivity index (χ4v) is 2.82. The maximum absolute atomic E-state index is 13.0. The van der Waals surface area contributed by atoms with Crippen molar-refractivity contribution in [2.24, 2.45) is 0 Å². The number of H-pyrrole nitrogens is 1. The molecule has 1 aromatic heterocycles. The second-order valence-corrected chi connectivity index (χ2v) is 5.86. The Morgan fingerprint density at radius 1 is 1.16 bits per heavy atom. The van der Waals surface area contributed by atoms with Gasteiger partial charge in [0.2, 0.25) is 0 Å². The maximum atomic E-state index is 13.0. The number of aryl methyl sites for hydroxylation is 1. The summed E-state index contributed by atoms with van der Waals surface area (Å²) >= 11 is 0. The van der Waals surface area contributed by atoms with Crippen molar-refractivity contribution in [1.82, 2.24) is 9.88 Å². The van der Waals surface area contributed by atoms with Crippen molar-refractivity contribution in [3.8, 4) is 0 Å². The minimum absolute atomic E-state index is 0.0122. The average molecular weight is 346 g/mol. The van der Waals surface area contributed by atoms with E-state index in [-0.39, 0.29) is 18.0 Å². The smallest absolute Gasteiger partial charge is 0.323 e. The van der Waals surface area contributed by atoms with Gasteiger partial charge in [0.25, 0.3) is 5.91 Å². The number of rotatable bonds is 6. The number of aliphatic carboxylic acids is 1. The van der Waals surface area contributed by atoms with Crippen LogP contribution in [-0.2, 0) is 11.3 Å². The number of hydrogen-bond donors (Lipinski definition) is 2. The third kappa shape index (κ3) is 4.12. The van der Waals surface area contributed by atoms with Gasteiger partial charge in [-0.2, -0.15) is 0 Å². The normalized spacial score (nSPS) is 10.6. The minimum Gasteiger partial charge on any atom is -0.480 e. The van der Waals surface area contributed by atoms with Gasteiger partial charge < -0.3 is 15.0 Å². The number of aromatic amines is 1. The van der Waals surface area contributed by atoms with Gasteiger partial charge >= 0.3 is 5.97 Å². The van der Waals surface area contributed by atoms with Crippen molar-refractivity contribution < 1.29 is 23.9 Å². The number of carboxylic acids is 1. The first-order valence-electron chi connectivity index (χ1n) is 7.66. The number of benzene rings is 1. The van der Waals surface area contributed by atoms with Gasteiger partial charge in [-0.3, -0.25) is 14.4 Å². The Bertz CT molecular complexity index is 824. The van der Waals surface area contributed by atoms with Crippen molar-refractivity contribution >= 4 is 17.7 Å². The molecule has 0 atom stereocenters. The minimum atomic E-state index is -1.16. The molecule has 0 aliphatic heterocycles. The molecule has 0 bridgehead atoms. The van der Waals surface area contributed by atoms with Crippen LogP contribution >= 0.6 is 0 Å². The van der Waals surface area contributed by atoms with Crippen LogP contribution in [0.15, 0.2) is 24.3 Å². The monoisotopic (exact) mass is 346 g/mol. The van der Waals surface area contributed by atoms with Crippen molar-refractivity contribution in [3.05, 3.63) is 58.2 Å². The maximum Gasteiger partial charge on any atom is 0.323 e. The molecule has 0 unspecified atom stereocenters. The van der Waals surface area contributed by atoms with Crippen LogP contribution in [0, 0.1) is 19.7 Å². The number of carbonyl (C=O) groups is 3. The highest BCUT2D eigenvalue weighted by Crippen LogP contribution is 2.21. The van der Waals surface area contributed by atoms with Crippen molar-refractivity contribution in [3.63, 3.8) is 0 Å². The van der Waals surface area contributed by atoms with Crippen LogP contribution in [0.25, 0.3) is 0 Å². The fraction of sp³-hybridized carbons (Fsp3) is 0.278. The van der Waals surface area contributed by atoms with Crippen molar-refractivity contribution in [1.29, 1.82) is 0 Å². The Labute approximate surface area is 144 Å². The van der Waals surface area contributed by atoms with Crippen LogP contribution in [0.4, 0.5) is 4.39 Å². The molecule has 7 heteroatoms. The molecule has 2 rings (SSSR count). The first kappa shape index (κ1) is 18.4. The molecule has 0 saturated heterocycles. The lowest BCUT2D eigenvalue weighted by Gasteiger charge is -2.21. The summed E-state index contributed by atoms with van der Waals surface area (Å²) in [6.07, 6.45) is 0. The second-order valence-electron chi connectivity index (χ2n) is 5.86. The molecule has 1 amide bonds. The van der Waals surface area contributed by atoms with Crippen LogP contribution in [0.1, 0.15) is 44.6 Å². The van der Waals surface area contributed by atoms with Gasteiger partial charge in [-0.1, -0.05) is 12.1 Å². The molecule has 25 heavy (non-hydrogen) atoms. The topological polar surface area (TPSA) is 90.5 Å². The van der Waals surface area contributed by atoms with Gasteiger partial charge in [0.1, 0.15) is 18.1 Å². The summed E-state index contributed by atoms with van der Waals surface area (Å²) in [6, 6.07) is 5.48. The SMILES string of the molecule is CC(=O)c1c(C)[nH]c(C(=O)N(CC(=O)O)Cc2ccc(F)cc2)c1C. The molecule has 1 aromatic carbocycles. The zero-order valence-electron chi connectivity index (χ0n) is 14.2. The Morgan fingerprint density at radius 2 is 1.76 bits per heavy atom. The lowest BCUT2D eigenvalue weighted by Crippen LogP contribution is -2.35. The summed E-state index contributed by atoms with van der Waals surface area (Å²) in [7, 11) is 0. The largest absolute Gasteiger partial charge is 0.480 e. The number of nitrogens with one attached hydrogen (secondary N) is 1. The number of amides is 1. The highest BCUT2D eigenvalue weighted by atomic mass is 19.1. The molecule has 0 fully saturated rings. The van der Waals surface area contributed by atoms with Crippen LogP contribution in [0.3, 0.4) is 0 Å². The summed E-state index contributed by atoms with van der Waals surface area (Å²) in [5.41, 5.74) is 2.27. The van der Waals surface area contributed by atoms with Gasteiger partial charge in [-0.25, -0.2) is 4.39 Å². The third-order valence-corrected chi connectivity index (χ3v) is 3.90. The molecule has 0 spiro atoms. The van der Waals surface area contributed by atoms with Crippen LogP contribution in [-0.4, -0.2) is 39.2 Å². The zero-order valence-corrected chi connectivity index (χ0v) is 14.2. The van der Waals surface area contributed by atoms with Crippen LogP contribution in [0.5, 0.6) is 0 Å². The number of nitrogens with zero attached hydrogens (tertiary/aromatic N) is 1. The number of hydrogen-bond acceptors (Lipinski definition) is 3. The summed E-state index contributed by atoms with van der Waals surface area (Å²) in [6.45, 7) is 4.23. The van der Waals surface area contributed by atoms with Gasteiger partial charge in [0.05, 0.1) is 0 Å². The van der Waals surface area contributed by atoms with Crippen LogP contribution < -0.4 is 0 Å². The van der Waals surface area contributed by atoms with E-state index in [9.17, 15) is 18.8 Å². The van der Waals surface area contributed by atoms with E-state index in [0.29, 0.717) is 22.4 Å². The predicted octanol–water partition coefficient (Wildman–Crippen LogP) is 2.70. The molecule has 2 N–H and O–H groups in total. The van der Waals surface area contributed by atoms with Gasteiger partial charge in [0, 0.05) is 17.8 Å². The Balaban J connectivity index is 2.36. The number of ketones is 1. The van der Waals surface area contributed by atoms with Crippen molar-refractivity contribution in [2.45, 2.75) is 27.3 Å². The molecule has 0 saturated carbocycles. The number of aromatic nitrogens is 1. The van der Waals surface area contributed by atoms with Crippen LogP contribution in [0.2, 0.25) is 0 Å². The molecule has 1 heterocycles. The zero-order chi connectivity index (χ0) is 18.7. The van der Waals surface area contributed by atoms with E-state index >= 15 is 0 Å². The van der Waals surface area contributed by atoms with E-state index in [1.165, 1.54) is 31.2 Å². The number of carbonyl (C=O) groups excluding carboxylic acids is 2. The number of carboxylic acid groups (broad SMARTS) is 1. The molecule has 0 aliphatic rings. The lowest BCUT2D eigenvalue weighted by atomic mass is 10.1. The summed E-state index contributed by atoms with van der Waals surface area (Å²) in [4.78, 5) is 39.7. The van der Waals surface area contributed by atoms with E-state index in [0.717, 1.165) is 4.90 Å². The Kier molecular flexibility index (Phi) is 5.36. The summed E-state index contributed by atoms with van der Waals surface area (Å²) in [5, 5.41) is 9.10. The van der Waals surface area contributed by atoms with Gasteiger partial charge in [0.15, 0.2) is 5.78 Å². The highest BCUT2D eigenvalue weighted by molar-refractivity contribution is 6.03. The van der Waals surface area contributed by atoms with E-state index < -0.39 is 24.2 Å². The molecular formula is C18H19FN2O4. The quantitative estimate of drug-likeness (QED) is 0.787. The average Bonchev–Trinajstić information content (AvgIpc) is 2.82. The van der Waals surface area contributed by atoms with E-state index in [4.69, 9.17) is 5.11 Å². The lowest BCUT2D eigenvalue weighted by molar-refractivity contribution is -0.137. The molecular weight excluding hydrogens is 327 g/mol. The Morgan fingerprint density at radius 3 is 2.24 bits per heavy atom. The fourth-order valence-electron chi connectivity index (χ4n) is 2.82. The molecule has 0 aliphatic carbocycles. The molecule has 0 radical (unpaired) electrons. The van der Waals surface area contributed by atoms with E-state index in [1.54, 1.807) is 13.8 Å². The summed E-state index contributed by atoms with van der Waals surface area (Å²) in [5.74, 6) is -2.28. The van der Waals surface area contributed by atoms with E-state index in [1.807, 2.05) is 0 Å². The number of Topliss-reactive ketones (excluding diaryl/α,β-unsaturated/α-hetero) is 1. The van der Waals surface area contributed by atoms with Crippen molar-refractivity contribution in [2.75, 3.05) is 6.54 Å². The predicted molar refractivity (Wildman–Crippen MR) is 89.0 cm³/mol. The van der Waals surface area contributed by atoms with Gasteiger partial charge in [-0.15, -0.1) is 0 Å². The van der Waals surface area contributed by atoms with Gasteiger partial charge in [-0.05, 0) is 44.0 Å². The molecule has 132 valence electrons. The third-order valence-electron chi connectivity index (χ3n) is 3.90. The second kappa shape index (κ2) is 7.29. The first-order chi connectivity index (χ1) is 11.7. The Hall–Kier alpha value is -2.96. The highest BCUT2D eigenvalue weighted by Gasteiger charge is 2.25. The molecule has 2 aromatic rings. The number of halogens is 1.